The number of ether oxygens (including phenoxy) is 2. The lowest BCUT2D eigenvalue weighted by molar-refractivity contribution is 0.225. The highest BCUT2D eigenvalue weighted by Crippen LogP contribution is 2.32. The summed E-state index contributed by atoms with van der Waals surface area (Å²) in [6.07, 6.45) is 1.06. The molecular weight excluding hydrogens is 190 g/mol. The number of benzene rings is 1. The first kappa shape index (κ1) is 10.3. The molecule has 2 rings (SSSR count). The zero-order valence-electron chi connectivity index (χ0n) is 9.32. The minimum absolute atomic E-state index is 0.762. The van der Waals surface area contributed by atoms with Gasteiger partial charge in [0.2, 0.25) is 0 Å². The molecule has 15 heavy (non-hydrogen) atoms. The maximum absolute atomic E-state index is 5.75. The van der Waals surface area contributed by atoms with Crippen molar-refractivity contribution in [1.29, 1.82) is 0 Å². The van der Waals surface area contributed by atoms with Crippen molar-refractivity contribution >= 4 is 0 Å². The van der Waals surface area contributed by atoms with Gasteiger partial charge in [-0.1, -0.05) is 12.1 Å². The van der Waals surface area contributed by atoms with Crippen LogP contribution in [0.15, 0.2) is 18.2 Å². The average molecular weight is 207 g/mol. The fraction of sp³-hybridized carbons (Fsp3) is 0.500. The molecule has 0 saturated carbocycles. The summed E-state index contributed by atoms with van der Waals surface area (Å²) in [5, 5.41) is 0. The van der Waals surface area contributed by atoms with Crippen molar-refractivity contribution in [2.24, 2.45) is 0 Å². The summed E-state index contributed by atoms with van der Waals surface area (Å²) in [6.45, 7) is 2.76. The van der Waals surface area contributed by atoms with E-state index in [4.69, 9.17) is 9.47 Å². The summed E-state index contributed by atoms with van der Waals surface area (Å²) in [4.78, 5) is 2.31. The smallest absolute Gasteiger partial charge is 0.165 e. The normalized spacial score (nSPS) is 17.2. The molecule has 0 radical (unpaired) electrons. The van der Waals surface area contributed by atoms with E-state index in [9.17, 15) is 0 Å². The van der Waals surface area contributed by atoms with E-state index in [2.05, 4.69) is 18.0 Å². The predicted octanol–water partition coefficient (Wildman–Crippen LogP) is 1.91. The molecule has 0 spiro atoms. The van der Waals surface area contributed by atoms with Crippen LogP contribution in [0.2, 0.25) is 0 Å². The third-order valence-corrected chi connectivity index (χ3v) is 2.65. The number of rotatable bonds is 1. The van der Waals surface area contributed by atoms with Crippen LogP contribution in [0.25, 0.3) is 0 Å². The van der Waals surface area contributed by atoms with Crippen molar-refractivity contribution in [1.82, 2.24) is 4.90 Å². The minimum Gasteiger partial charge on any atom is -0.493 e. The number of para-hydroxylation sites is 1. The molecular formula is C12H17NO2. The molecule has 0 fully saturated rings. The Morgan fingerprint density at radius 2 is 2.27 bits per heavy atom. The maximum atomic E-state index is 5.75. The summed E-state index contributed by atoms with van der Waals surface area (Å²) < 4.78 is 11.0. The molecule has 1 aliphatic rings. The van der Waals surface area contributed by atoms with Gasteiger partial charge in [0.15, 0.2) is 11.5 Å². The minimum atomic E-state index is 0.762. The Morgan fingerprint density at radius 1 is 1.40 bits per heavy atom. The zero-order valence-corrected chi connectivity index (χ0v) is 9.32. The third kappa shape index (κ3) is 2.23. The maximum Gasteiger partial charge on any atom is 0.165 e. The second kappa shape index (κ2) is 4.53. The molecule has 0 aromatic heterocycles. The van der Waals surface area contributed by atoms with Crippen molar-refractivity contribution < 1.29 is 9.47 Å². The van der Waals surface area contributed by atoms with Gasteiger partial charge in [-0.3, -0.25) is 0 Å². The van der Waals surface area contributed by atoms with Gasteiger partial charge < -0.3 is 14.4 Å². The van der Waals surface area contributed by atoms with Gasteiger partial charge in [-0.2, -0.15) is 0 Å². The van der Waals surface area contributed by atoms with Gasteiger partial charge in [-0.05, 0) is 19.5 Å². The molecule has 0 amide bonds. The summed E-state index contributed by atoms with van der Waals surface area (Å²) in [7, 11) is 3.82. The molecule has 0 atom stereocenters. The van der Waals surface area contributed by atoms with Crippen LogP contribution in [0.4, 0.5) is 0 Å². The molecule has 0 unspecified atom stereocenters. The van der Waals surface area contributed by atoms with E-state index < -0.39 is 0 Å². The van der Waals surface area contributed by atoms with Gasteiger partial charge in [-0.25, -0.2) is 0 Å². The van der Waals surface area contributed by atoms with Crippen molar-refractivity contribution in [3.05, 3.63) is 23.8 Å². The Hall–Kier alpha value is -1.22. The van der Waals surface area contributed by atoms with Crippen LogP contribution in [-0.4, -0.2) is 32.2 Å². The molecule has 0 bridgehead atoms. The first-order valence-corrected chi connectivity index (χ1v) is 5.28. The first-order chi connectivity index (χ1) is 7.31. The van der Waals surface area contributed by atoms with Crippen molar-refractivity contribution in [3.8, 4) is 11.5 Å². The van der Waals surface area contributed by atoms with E-state index in [0.717, 1.165) is 37.6 Å². The van der Waals surface area contributed by atoms with Gasteiger partial charge in [0, 0.05) is 18.7 Å². The number of fused-ring (bicyclic) bond motifs is 1. The lowest BCUT2D eigenvalue weighted by Gasteiger charge is -2.23. The van der Waals surface area contributed by atoms with E-state index >= 15 is 0 Å². The van der Waals surface area contributed by atoms with Gasteiger partial charge >= 0.3 is 0 Å². The van der Waals surface area contributed by atoms with Gasteiger partial charge in [0.25, 0.3) is 0 Å². The average Bonchev–Trinajstić information content (AvgIpc) is 2.22. The second-order valence-corrected chi connectivity index (χ2v) is 3.89. The lowest BCUT2D eigenvalue weighted by atomic mass is 10.1. The molecule has 1 aromatic rings. The Morgan fingerprint density at radius 3 is 3.07 bits per heavy atom. The van der Waals surface area contributed by atoms with Crippen LogP contribution < -0.4 is 9.47 Å². The Balaban J connectivity index is 2.34. The summed E-state index contributed by atoms with van der Waals surface area (Å²) >= 11 is 0. The Labute approximate surface area is 90.6 Å². The van der Waals surface area contributed by atoms with E-state index in [1.165, 1.54) is 5.56 Å². The highest BCUT2D eigenvalue weighted by Gasteiger charge is 2.14. The fourth-order valence-electron chi connectivity index (χ4n) is 1.89. The summed E-state index contributed by atoms with van der Waals surface area (Å²) in [6, 6.07) is 6.05. The number of hydrogen-bond donors (Lipinski definition) is 0. The molecule has 1 aliphatic heterocycles. The Kier molecular flexibility index (Phi) is 3.11. The number of methoxy groups -OCH3 is 1. The number of nitrogens with zero attached hydrogens (tertiary/aromatic N) is 1. The fourth-order valence-corrected chi connectivity index (χ4v) is 1.89. The lowest BCUT2D eigenvalue weighted by Crippen LogP contribution is -2.23. The molecule has 0 saturated heterocycles. The van der Waals surface area contributed by atoms with Crippen LogP contribution in [0.1, 0.15) is 12.0 Å². The SMILES string of the molecule is COc1cccc2c1OCCCN(C)C2. The quantitative estimate of drug-likeness (QED) is 0.702. The topological polar surface area (TPSA) is 21.7 Å². The first-order valence-electron chi connectivity index (χ1n) is 5.28. The second-order valence-electron chi connectivity index (χ2n) is 3.89. The highest BCUT2D eigenvalue weighted by atomic mass is 16.5. The van der Waals surface area contributed by atoms with Gasteiger partial charge in [0.1, 0.15) is 0 Å². The van der Waals surface area contributed by atoms with Crippen LogP contribution >= 0.6 is 0 Å². The van der Waals surface area contributed by atoms with Crippen LogP contribution in [0, 0.1) is 0 Å². The zero-order chi connectivity index (χ0) is 10.7. The standard InChI is InChI=1S/C12H17NO2/c1-13-7-4-8-15-12-10(9-13)5-3-6-11(12)14-2/h3,5-6H,4,7-9H2,1-2H3. The third-order valence-electron chi connectivity index (χ3n) is 2.65. The van der Waals surface area contributed by atoms with E-state index in [1.807, 2.05) is 12.1 Å². The highest BCUT2D eigenvalue weighted by molar-refractivity contribution is 5.46. The molecule has 0 N–H and O–H groups in total. The largest absolute Gasteiger partial charge is 0.493 e. The van der Waals surface area contributed by atoms with E-state index in [-0.39, 0.29) is 0 Å². The molecule has 1 aromatic carbocycles. The monoisotopic (exact) mass is 207 g/mol. The van der Waals surface area contributed by atoms with E-state index in [1.54, 1.807) is 7.11 Å². The summed E-state index contributed by atoms with van der Waals surface area (Å²) in [5.74, 6) is 1.74. The Bertz CT molecular complexity index is 338. The molecule has 3 heteroatoms. The predicted molar refractivity (Wildman–Crippen MR) is 59.4 cm³/mol. The van der Waals surface area contributed by atoms with Crippen LogP contribution in [0.5, 0.6) is 11.5 Å². The van der Waals surface area contributed by atoms with Gasteiger partial charge in [0.05, 0.1) is 13.7 Å². The van der Waals surface area contributed by atoms with Crippen molar-refractivity contribution in [2.75, 3.05) is 27.3 Å². The molecule has 3 nitrogen and oxygen atoms in total. The molecule has 82 valence electrons. The van der Waals surface area contributed by atoms with Crippen molar-refractivity contribution in [2.45, 2.75) is 13.0 Å². The van der Waals surface area contributed by atoms with Crippen molar-refractivity contribution in [3.63, 3.8) is 0 Å². The summed E-state index contributed by atoms with van der Waals surface area (Å²) in [5.41, 5.74) is 1.21. The molecule has 1 heterocycles. The molecule has 0 aliphatic carbocycles. The van der Waals surface area contributed by atoms with Crippen LogP contribution in [-0.2, 0) is 6.54 Å². The van der Waals surface area contributed by atoms with E-state index in [0.29, 0.717) is 0 Å². The van der Waals surface area contributed by atoms with Crippen LogP contribution in [0.3, 0.4) is 0 Å². The van der Waals surface area contributed by atoms with Gasteiger partial charge in [-0.15, -0.1) is 0 Å². The number of hydrogen-bond acceptors (Lipinski definition) is 3.